The zero-order valence-corrected chi connectivity index (χ0v) is 13.4. The van der Waals surface area contributed by atoms with Crippen molar-refractivity contribution in [2.24, 2.45) is 5.73 Å². The Morgan fingerprint density at radius 2 is 1.90 bits per heavy atom. The van der Waals surface area contributed by atoms with Gasteiger partial charge < -0.3 is 10.5 Å². The van der Waals surface area contributed by atoms with Crippen molar-refractivity contribution in [3.05, 3.63) is 52.5 Å². The van der Waals surface area contributed by atoms with Crippen LogP contribution in [-0.4, -0.2) is 13.7 Å². The molecule has 0 atom stereocenters. The molecule has 0 amide bonds. The molecule has 2 N–H and O–H groups in total. The highest BCUT2D eigenvalue weighted by molar-refractivity contribution is 6.32. The van der Waals surface area contributed by atoms with Crippen LogP contribution >= 0.6 is 11.6 Å². The predicted molar refractivity (Wildman–Crippen MR) is 90.2 cm³/mol. The van der Waals surface area contributed by atoms with Gasteiger partial charge in [0, 0.05) is 10.6 Å². The third-order valence-electron chi connectivity index (χ3n) is 3.69. The quantitative estimate of drug-likeness (QED) is 0.854. The van der Waals surface area contributed by atoms with Crippen LogP contribution < -0.4 is 10.5 Å². The summed E-state index contributed by atoms with van der Waals surface area (Å²) in [5, 5.41) is 0.852. The molecule has 0 bridgehead atoms. The van der Waals surface area contributed by atoms with E-state index in [1.54, 1.807) is 7.11 Å². The lowest BCUT2D eigenvalue weighted by molar-refractivity contribution is 0.415. The molecule has 3 heteroatoms. The summed E-state index contributed by atoms with van der Waals surface area (Å²) < 4.78 is 5.63. The first-order chi connectivity index (χ1) is 10.2. The second-order valence-corrected chi connectivity index (χ2v) is 5.40. The number of methoxy groups -OCH3 is 1. The van der Waals surface area contributed by atoms with Crippen molar-refractivity contribution in [3.63, 3.8) is 0 Å². The number of hydrogen-bond acceptors (Lipinski definition) is 2. The fourth-order valence-corrected chi connectivity index (χ4v) is 3.01. The van der Waals surface area contributed by atoms with E-state index >= 15 is 0 Å². The number of hydrogen-bond donors (Lipinski definition) is 1. The number of benzene rings is 2. The maximum absolute atomic E-state index is 6.63. The Bertz CT molecular complexity index is 596. The molecule has 0 aliphatic rings. The van der Waals surface area contributed by atoms with Gasteiger partial charge >= 0.3 is 0 Å². The molecule has 0 heterocycles. The minimum absolute atomic E-state index is 0.667. The topological polar surface area (TPSA) is 35.2 Å². The predicted octanol–water partition coefficient (Wildman–Crippen LogP) is 4.47. The van der Waals surface area contributed by atoms with Gasteiger partial charge in [0.2, 0.25) is 0 Å². The maximum atomic E-state index is 6.63. The van der Waals surface area contributed by atoms with Crippen LogP contribution in [0.2, 0.25) is 5.02 Å². The molecule has 0 saturated heterocycles. The Labute approximate surface area is 131 Å². The Balaban J connectivity index is 2.61. The van der Waals surface area contributed by atoms with Crippen LogP contribution in [0.5, 0.6) is 5.75 Å². The highest BCUT2D eigenvalue weighted by Crippen LogP contribution is 2.40. The minimum Gasteiger partial charge on any atom is -0.496 e. The van der Waals surface area contributed by atoms with Gasteiger partial charge in [-0.25, -0.2) is 0 Å². The molecule has 0 unspecified atom stereocenters. The largest absolute Gasteiger partial charge is 0.496 e. The van der Waals surface area contributed by atoms with Crippen molar-refractivity contribution in [1.82, 2.24) is 0 Å². The van der Waals surface area contributed by atoms with Crippen LogP contribution in [0.1, 0.15) is 24.5 Å². The van der Waals surface area contributed by atoms with E-state index in [1.165, 1.54) is 0 Å². The summed E-state index contributed by atoms with van der Waals surface area (Å²) in [4.78, 5) is 0. The van der Waals surface area contributed by atoms with E-state index in [0.29, 0.717) is 6.54 Å². The van der Waals surface area contributed by atoms with Gasteiger partial charge in [-0.2, -0.15) is 0 Å². The van der Waals surface area contributed by atoms with Crippen LogP contribution in [0, 0.1) is 0 Å². The summed E-state index contributed by atoms with van der Waals surface area (Å²) in [5.41, 5.74) is 10.1. The van der Waals surface area contributed by atoms with Gasteiger partial charge in [-0.15, -0.1) is 0 Å². The van der Waals surface area contributed by atoms with Crippen LogP contribution in [0.15, 0.2) is 36.4 Å². The van der Waals surface area contributed by atoms with Gasteiger partial charge in [0.15, 0.2) is 0 Å². The van der Waals surface area contributed by atoms with E-state index in [1.807, 2.05) is 18.2 Å². The summed E-state index contributed by atoms with van der Waals surface area (Å²) in [7, 11) is 1.71. The monoisotopic (exact) mass is 303 g/mol. The molecular formula is C18H22ClNO. The summed E-state index contributed by atoms with van der Waals surface area (Å²) in [6.45, 7) is 2.79. The van der Waals surface area contributed by atoms with Crippen LogP contribution in [-0.2, 0) is 12.8 Å². The summed E-state index contributed by atoms with van der Waals surface area (Å²) in [6.07, 6.45) is 2.68. The van der Waals surface area contributed by atoms with Gasteiger partial charge in [-0.3, -0.25) is 0 Å². The van der Waals surface area contributed by atoms with E-state index in [4.69, 9.17) is 22.1 Å². The first-order valence-electron chi connectivity index (χ1n) is 7.36. The number of nitrogens with two attached hydrogens (primary N) is 1. The molecule has 21 heavy (non-hydrogen) atoms. The Morgan fingerprint density at radius 3 is 2.48 bits per heavy atom. The van der Waals surface area contributed by atoms with Gasteiger partial charge in [-0.05, 0) is 48.6 Å². The van der Waals surface area contributed by atoms with Crippen molar-refractivity contribution in [1.29, 1.82) is 0 Å². The summed E-state index contributed by atoms with van der Waals surface area (Å²) in [5.74, 6) is 0.884. The molecule has 112 valence electrons. The van der Waals surface area contributed by atoms with Crippen molar-refractivity contribution in [3.8, 4) is 16.9 Å². The second kappa shape index (κ2) is 7.48. The lowest BCUT2D eigenvalue weighted by Gasteiger charge is -2.18. The lowest BCUT2D eigenvalue weighted by Crippen LogP contribution is -2.03. The molecule has 2 aromatic carbocycles. The molecule has 0 radical (unpaired) electrons. The molecule has 2 rings (SSSR count). The molecule has 0 aromatic heterocycles. The van der Waals surface area contributed by atoms with Crippen molar-refractivity contribution in [2.75, 3.05) is 13.7 Å². The average molecular weight is 304 g/mol. The summed E-state index contributed by atoms with van der Waals surface area (Å²) >= 11 is 6.63. The number of halogens is 1. The highest BCUT2D eigenvalue weighted by Gasteiger charge is 2.17. The highest BCUT2D eigenvalue weighted by atomic mass is 35.5. The Kier molecular flexibility index (Phi) is 5.66. The zero-order chi connectivity index (χ0) is 15.2. The van der Waals surface area contributed by atoms with E-state index in [2.05, 4.69) is 25.1 Å². The Hall–Kier alpha value is -1.51. The van der Waals surface area contributed by atoms with E-state index < -0.39 is 0 Å². The number of rotatable bonds is 6. The smallest absolute Gasteiger partial charge is 0.127 e. The third kappa shape index (κ3) is 3.39. The van der Waals surface area contributed by atoms with Gasteiger partial charge in [0.1, 0.15) is 5.75 Å². The molecule has 0 saturated carbocycles. The molecule has 0 fully saturated rings. The van der Waals surface area contributed by atoms with E-state index in [-0.39, 0.29) is 0 Å². The standard InChI is InChI=1S/C18H22ClNO/c1-3-15-17(13-8-5-4-6-9-13)16(21-2)12-14(18(15)19)10-7-11-20/h4-6,8-9,12H,3,7,10-11,20H2,1-2H3. The second-order valence-electron chi connectivity index (χ2n) is 5.02. The van der Waals surface area contributed by atoms with Gasteiger partial charge in [-0.1, -0.05) is 48.9 Å². The average Bonchev–Trinajstić information content (AvgIpc) is 2.54. The first kappa shape index (κ1) is 15.9. The SMILES string of the molecule is CCc1c(Cl)c(CCCN)cc(OC)c1-c1ccccc1. The molecular weight excluding hydrogens is 282 g/mol. The first-order valence-corrected chi connectivity index (χ1v) is 7.74. The fraction of sp³-hybridized carbons (Fsp3) is 0.333. The lowest BCUT2D eigenvalue weighted by atomic mass is 9.93. The number of ether oxygens (including phenoxy) is 1. The van der Waals surface area contributed by atoms with Crippen LogP contribution in [0.4, 0.5) is 0 Å². The van der Waals surface area contributed by atoms with E-state index in [9.17, 15) is 0 Å². The Morgan fingerprint density at radius 1 is 1.19 bits per heavy atom. The van der Waals surface area contributed by atoms with E-state index in [0.717, 1.165) is 52.3 Å². The molecule has 2 aromatic rings. The maximum Gasteiger partial charge on any atom is 0.127 e. The minimum atomic E-state index is 0.667. The molecule has 2 nitrogen and oxygen atoms in total. The fourth-order valence-electron chi connectivity index (χ4n) is 2.63. The molecule has 0 aliphatic carbocycles. The number of aryl methyl sites for hydroxylation is 1. The van der Waals surface area contributed by atoms with Crippen molar-refractivity contribution >= 4 is 11.6 Å². The normalized spacial score (nSPS) is 10.7. The molecule has 0 spiro atoms. The van der Waals surface area contributed by atoms with Crippen LogP contribution in [0.3, 0.4) is 0 Å². The molecule has 0 aliphatic heterocycles. The van der Waals surface area contributed by atoms with Crippen molar-refractivity contribution in [2.45, 2.75) is 26.2 Å². The van der Waals surface area contributed by atoms with Crippen molar-refractivity contribution < 1.29 is 4.74 Å². The van der Waals surface area contributed by atoms with Gasteiger partial charge in [0.25, 0.3) is 0 Å². The summed E-state index contributed by atoms with van der Waals surface area (Å²) in [6, 6.07) is 12.3. The third-order valence-corrected chi connectivity index (χ3v) is 4.16. The van der Waals surface area contributed by atoms with Gasteiger partial charge in [0.05, 0.1) is 7.11 Å². The van der Waals surface area contributed by atoms with Crippen LogP contribution in [0.25, 0.3) is 11.1 Å². The zero-order valence-electron chi connectivity index (χ0n) is 12.7.